The molecule has 2 heterocycles. The van der Waals surface area contributed by atoms with Gasteiger partial charge in [-0.05, 0) is 45.7 Å². The Labute approximate surface area is 153 Å². The van der Waals surface area contributed by atoms with Crippen LogP contribution in [0.3, 0.4) is 0 Å². The van der Waals surface area contributed by atoms with Crippen LogP contribution in [0.15, 0.2) is 24.3 Å². The van der Waals surface area contributed by atoms with Crippen LogP contribution in [0, 0.1) is 0 Å². The number of fused-ring (bicyclic) bond motifs is 1. The van der Waals surface area contributed by atoms with E-state index in [4.69, 9.17) is 14.2 Å². The summed E-state index contributed by atoms with van der Waals surface area (Å²) in [5.41, 5.74) is -0.534. The monoisotopic (exact) mass is 362 g/mol. The number of ether oxygens (including phenoxy) is 3. The number of likely N-dealkylation sites (tertiary alicyclic amines) is 1. The molecule has 1 fully saturated rings. The first-order chi connectivity index (χ1) is 12.3. The second kappa shape index (κ2) is 7.43. The molecule has 0 saturated carbocycles. The van der Waals surface area contributed by atoms with Crippen LogP contribution in [0.25, 0.3) is 0 Å². The highest BCUT2D eigenvalue weighted by molar-refractivity contribution is 5.82. The fourth-order valence-corrected chi connectivity index (χ4v) is 3.03. The summed E-state index contributed by atoms with van der Waals surface area (Å²) >= 11 is 0. The van der Waals surface area contributed by atoms with E-state index in [0.717, 1.165) is 12.8 Å². The molecule has 0 radical (unpaired) electrons. The maximum absolute atomic E-state index is 12.5. The molecule has 1 N–H and O–H groups in total. The lowest BCUT2D eigenvalue weighted by Gasteiger charge is -2.35. The lowest BCUT2D eigenvalue weighted by Crippen LogP contribution is -2.54. The maximum atomic E-state index is 12.5. The fraction of sp³-hybridized carbons (Fsp3) is 0.579. The van der Waals surface area contributed by atoms with Gasteiger partial charge >= 0.3 is 6.09 Å². The third-order valence-corrected chi connectivity index (χ3v) is 4.22. The summed E-state index contributed by atoms with van der Waals surface area (Å²) in [6.45, 7) is 6.76. The number of piperidine rings is 1. The number of carbonyl (C=O) groups is 2. The summed E-state index contributed by atoms with van der Waals surface area (Å²) in [7, 11) is 0. The molecule has 1 aromatic rings. The standard InChI is InChI=1S/C19H26N2O5/c1-19(2,3)26-18(23)21-10-6-7-13(11-21)20-17(22)16-12-24-14-8-4-5-9-15(14)25-16/h4-5,8-9,13,16H,6-7,10-12H2,1-3H3,(H,20,22)/t13-,16?/m0/s1. The van der Waals surface area contributed by atoms with Crippen molar-refractivity contribution in [1.29, 1.82) is 0 Å². The Morgan fingerprint density at radius 3 is 2.69 bits per heavy atom. The van der Waals surface area contributed by atoms with Crippen molar-refractivity contribution in [1.82, 2.24) is 10.2 Å². The van der Waals surface area contributed by atoms with Crippen LogP contribution in [0.5, 0.6) is 11.5 Å². The number of amides is 2. The summed E-state index contributed by atoms with van der Waals surface area (Å²) in [5.74, 6) is 0.985. The van der Waals surface area contributed by atoms with Gasteiger partial charge in [0.1, 0.15) is 12.2 Å². The zero-order valence-corrected chi connectivity index (χ0v) is 15.5. The minimum absolute atomic E-state index is 0.121. The Kier molecular flexibility index (Phi) is 5.25. The highest BCUT2D eigenvalue weighted by atomic mass is 16.6. The third kappa shape index (κ3) is 4.59. The molecule has 0 aromatic heterocycles. The minimum atomic E-state index is -0.693. The van der Waals surface area contributed by atoms with E-state index in [9.17, 15) is 9.59 Å². The van der Waals surface area contributed by atoms with Crippen LogP contribution in [-0.2, 0) is 9.53 Å². The number of nitrogens with zero attached hydrogens (tertiary/aromatic N) is 1. The van der Waals surface area contributed by atoms with Crippen molar-refractivity contribution in [3.63, 3.8) is 0 Å². The molecule has 0 aliphatic carbocycles. The Hall–Kier alpha value is -2.44. The Bertz CT molecular complexity index is 670. The molecule has 2 aliphatic heterocycles. The lowest BCUT2D eigenvalue weighted by atomic mass is 10.1. The predicted molar refractivity (Wildman–Crippen MR) is 95.3 cm³/mol. The summed E-state index contributed by atoms with van der Waals surface area (Å²) in [5, 5.41) is 2.97. The Morgan fingerprint density at radius 1 is 1.23 bits per heavy atom. The first-order valence-corrected chi connectivity index (χ1v) is 8.98. The summed E-state index contributed by atoms with van der Waals surface area (Å²) in [6, 6.07) is 7.16. The Balaban J connectivity index is 1.54. The molecule has 7 heteroatoms. The second-order valence-corrected chi connectivity index (χ2v) is 7.64. The van der Waals surface area contributed by atoms with E-state index in [2.05, 4.69) is 5.32 Å². The first-order valence-electron chi connectivity index (χ1n) is 8.98. The summed E-state index contributed by atoms with van der Waals surface area (Å²) in [4.78, 5) is 26.4. The van der Waals surface area contributed by atoms with Gasteiger partial charge in [0.05, 0.1) is 0 Å². The number of nitrogens with one attached hydrogen (secondary N) is 1. The molecular weight excluding hydrogens is 336 g/mol. The van der Waals surface area contributed by atoms with Gasteiger partial charge in [-0.2, -0.15) is 0 Å². The van der Waals surface area contributed by atoms with Crippen LogP contribution < -0.4 is 14.8 Å². The van der Waals surface area contributed by atoms with Gasteiger partial charge in [-0.3, -0.25) is 4.79 Å². The van der Waals surface area contributed by atoms with E-state index in [0.29, 0.717) is 24.6 Å². The third-order valence-electron chi connectivity index (χ3n) is 4.22. The number of hydrogen-bond donors (Lipinski definition) is 1. The molecule has 3 rings (SSSR count). The average molecular weight is 362 g/mol. The second-order valence-electron chi connectivity index (χ2n) is 7.64. The molecule has 2 amide bonds. The number of rotatable bonds is 2. The van der Waals surface area contributed by atoms with Gasteiger partial charge in [-0.15, -0.1) is 0 Å². The normalized spacial score (nSPS) is 22.5. The van der Waals surface area contributed by atoms with Crippen LogP contribution in [0.1, 0.15) is 33.6 Å². The van der Waals surface area contributed by atoms with Gasteiger partial charge in [0, 0.05) is 19.1 Å². The van der Waals surface area contributed by atoms with Gasteiger partial charge in [0.15, 0.2) is 11.5 Å². The Morgan fingerprint density at radius 2 is 1.96 bits per heavy atom. The highest BCUT2D eigenvalue weighted by Gasteiger charge is 2.32. The van der Waals surface area contributed by atoms with E-state index < -0.39 is 11.7 Å². The molecule has 2 atom stereocenters. The zero-order chi connectivity index (χ0) is 18.7. The lowest BCUT2D eigenvalue weighted by molar-refractivity contribution is -0.131. The van der Waals surface area contributed by atoms with Crippen molar-refractivity contribution >= 4 is 12.0 Å². The quantitative estimate of drug-likeness (QED) is 0.874. The number of carbonyl (C=O) groups excluding carboxylic acids is 2. The van der Waals surface area contributed by atoms with Gasteiger partial charge in [0.25, 0.3) is 5.91 Å². The summed E-state index contributed by atoms with van der Waals surface area (Å²) in [6.07, 6.45) is 0.592. The topological polar surface area (TPSA) is 77.1 Å². The minimum Gasteiger partial charge on any atom is -0.485 e. The molecule has 2 aliphatic rings. The number of hydrogen-bond acceptors (Lipinski definition) is 5. The molecule has 0 bridgehead atoms. The van der Waals surface area contributed by atoms with Crippen LogP contribution in [-0.4, -0.2) is 54.3 Å². The van der Waals surface area contributed by atoms with Crippen molar-refractivity contribution in [2.45, 2.75) is 51.4 Å². The van der Waals surface area contributed by atoms with E-state index in [1.54, 1.807) is 11.0 Å². The largest absolute Gasteiger partial charge is 0.485 e. The van der Waals surface area contributed by atoms with Gasteiger partial charge < -0.3 is 24.4 Å². The van der Waals surface area contributed by atoms with E-state index in [-0.39, 0.29) is 24.6 Å². The maximum Gasteiger partial charge on any atom is 0.410 e. The zero-order valence-electron chi connectivity index (χ0n) is 15.5. The molecule has 1 unspecified atom stereocenters. The van der Waals surface area contributed by atoms with E-state index in [1.807, 2.05) is 39.0 Å². The molecule has 142 valence electrons. The van der Waals surface area contributed by atoms with Crippen LogP contribution >= 0.6 is 0 Å². The smallest absolute Gasteiger partial charge is 0.410 e. The van der Waals surface area contributed by atoms with Crippen molar-refractivity contribution in [3.8, 4) is 11.5 Å². The molecule has 0 spiro atoms. The van der Waals surface area contributed by atoms with Crippen LogP contribution in [0.4, 0.5) is 4.79 Å². The number of para-hydroxylation sites is 2. The van der Waals surface area contributed by atoms with Crippen molar-refractivity contribution < 1.29 is 23.8 Å². The number of benzene rings is 1. The molecule has 1 saturated heterocycles. The van der Waals surface area contributed by atoms with Gasteiger partial charge in [0.2, 0.25) is 6.10 Å². The fourth-order valence-electron chi connectivity index (χ4n) is 3.03. The SMILES string of the molecule is CC(C)(C)OC(=O)N1CCC[C@H](NC(=O)C2COc3ccccc3O2)C1. The average Bonchev–Trinajstić information content (AvgIpc) is 2.60. The van der Waals surface area contributed by atoms with Crippen LogP contribution in [0.2, 0.25) is 0 Å². The first kappa shape index (κ1) is 18.4. The van der Waals surface area contributed by atoms with Gasteiger partial charge in [-0.25, -0.2) is 4.79 Å². The molecular formula is C19H26N2O5. The molecule has 1 aromatic carbocycles. The van der Waals surface area contributed by atoms with Gasteiger partial charge in [-0.1, -0.05) is 12.1 Å². The predicted octanol–water partition coefficient (Wildman–Crippen LogP) is 2.34. The van der Waals surface area contributed by atoms with E-state index in [1.165, 1.54) is 0 Å². The summed E-state index contributed by atoms with van der Waals surface area (Å²) < 4.78 is 16.7. The van der Waals surface area contributed by atoms with Crippen molar-refractivity contribution in [2.75, 3.05) is 19.7 Å². The highest BCUT2D eigenvalue weighted by Crippen LogP contribution is 2.31. The van der Waals surface area contributed by atoms with Crippen molar-refractivity contribution in [3.05, 3.63) is 24.3 Å². The molecule has 7 nitrogen and oxygen atoms in total. The molecule has 26 heavy (non-hydrogen) atoms. The van der Waals surface area contributed by atoms with E-state index >= 15 is 0 Å². The van der Waals surface area contributed by atoms with Crippen molar-refractivity contribution in [2.24, 2.45) is 0 Å².